The van der Waals surface area contributed by atoms with Gasteiger partial charge in [0.2, 0.25) is 0 Å². The second-order valence-electron chi connectivity index (χ2n) is 3.99. The Bertz CT molecular complexity index is 361. The number of carbonyl (C=O) groups excluding carboxylic acids is 1. The van der Waals surface area contributed by atoms with Gasteiger partial charge in [-0.05, 0) is 32.9 Å². The molecule has 0 radical (unpaired) electrons. The molecular weight excluding hydrogens is 216 g/mol. The number of nitrogens with zero attached hydrogens (tertiary/aromatic N) is 1. The van der Waals surface area contributed by atoms with Crippen molar-refractivity contribution < 1.29 is 9.63 Å². The first-order valence-electron chi connectivity index (χ1n) is 4.49. The maximum Gasteiger partial charge on any atom is 0.277 e. The van der Waals surface area contributed by atoms with E-state index in [4.69, 9.17) is 16.4 Å². The van der Waals surface area contributed by atoms with E-state index in [1.807, 2.05) is 20.8 Å². The van der Waals surface area contributed by atoms with Gasteiger partial charge in [-0.15, -0.1) is 0 Å². The smallest absolute Gasteiger partial charge is 0.268 e. The van der Waals surface area contributed by atoms with E-state index in [2.05, 4.69) is 10.5 Å². The van der Waals surface area contributed by atoms with Gasteiger partial charge < -0.3 is 0 Å². The lowest BCUT2D eigenvalue weighted by molar-refractivity contribution is -0.0589. The van der Waals surface area contributed by atoms with E-state index >= 15 is 0 Å². The predicted octanol–water partition coefficient (Wildman–Crippen LogP) is 2.19. The van der Waals surface area contributed by atoms with E-state index in [1.165, 1.54) is 6.20 Å². The van der Waals surface area contributed by atoms with E-state index in [9.17, 15) is 4.79 Å². The average Bonchev–Trinajstić information content (AvgIpc) is 2.14. The lowest BCUT2D eigenvalue weighted by Gasteiger charge is -2.18. The van der Waals surface area contributed by atoms with Crippen LogP contribution in [-0.2, 0) is 4.84 Å². The molecule has 0 saturated heterocycles. The Balaban J connectivity index is 2.66. The van der Waals surface area contributed by atoms with Crippen molar-refractivity contribution in [3.05, 3.63) is 29.0 Å². The molecule has 1 heterocycles. The molecule has 0 aliphatic heterocycles. The third-order valence-corrected chi connectivity index (χ3v) is 1.75. The molecular formula is C10H13ClN2O2. The Labute approximate surface area is 93.6 Å². The molecule has 0 aliphatic carbocycles. The number of rotatable bonds is 2. The van der Waals surface area contributed by atoms with Crippen LogP contribution in [0.15, 0.2) is 18.3 Å². The number of pyridine rings is 1. The van der Waals surface area contributed by atoms with Crippen LogP contribution in [0, 0.1) is 0 Å². The van der Waals surface area contributed by atoms with E-state index in [0.717, 1.165) is 0 Å². The Morgan fingerprint density at radius 3 is 2.73 bits per heavy atom. The minimum absolute atomic E-state index is 0.160. The van der Waals surface area contributed by atoms with Crippen LogP contribution in [0.1, 0.15) is 31.1 Å². The molecule has 0 fully saturated rings. The number of hydroxylamine groups is 1. The van der Waals surface area contributed by atoms with Gasteiger partial charge in [0.15, 0.2) is 0 Å². The van der Waals surface area contributed by atoms with Crippen LogP contribution in [0.3, 0.4) is 0 Å². The highest BCUT2D eigenvalue weighted by Crippen LogP contribution is 2.12. The summed E-state index contributed by atoms with van der Waals surface area (Å²) in [6, 6.07) is 3.22. The highest BCUT2D eigenvalue weighted by molar-refractivity contribution is 6.32. The fourth-order valence-corrected chi connectivity index (χ4v) is 1.01. The first-order valence-corrected chi connectivity index (χ1v) is 4.87. The van der Waals surface area contributed by atoms with Gasteiger partial charge in [0.1, 0.15) is 5.15 Å². The van der Waals surface area contributed by atoms with Crippen LogP contribution in [-0.4, -0.2) is 16.5 Å². The normalized spacial score (nSPS) is 11.2. The number of aromatic nitrogens is 1. The van der Waals surface area contributed by atoms with Crippen molar-refractivity contribution in [3.8, 4) is 0 Å². The van der Waals surface area contributed by atoms with Crippen LogP contribution in [0.5, 0.6) is 0 Å². The molecule has 1 amide bonds. The number of halogens is 1. The van der Waals surface area contributed by atoms with Gasteiger partial charge in [0, 0.05) is 6.20 Å². The lowest BCUT2D eigenvalue weighted by Crippen LogP contribution is -2.33. The number of hydrogen-bond acceptors (Lipinski definition) is 3. The molecule has 15 heavy (non-hydrogen) atoms. The standard InChI is InChI=1S/C10H13ClN2O2/c1-10(2,3)15-13-9(14)7-5-4-6-12-8(7)11/h4-6H,1-3H3,(H,13,14). The Morgan fingerprint density at radius 1 is 1.53 bits per heavy atom. The van der Waals surface area contributed by atoms with E-state index in [-0.39, 0.29) is 5.15 Å². The summed E-state index contributed by atoms with van der Waals surface area (Å²) in [5, 5.41) is 0.160. The largest absolute Gasteiger partial charge is 0.277 e. The summed E-state index contributed by atoms with van der Waals surface area (Å²) in [5.74, 6) is -0.400. The quantitative estimate of drug-likeness (QED) is 0.624. The van der Waals surface area contributed by atoms with Crippen molar-refractivity contribution in [2.24, 2.45) is 0 Å². The molecule has 5 heteroatoms. The van der Waals surface area contributed by atoms with Gasteiger partial charge in [-0.2, -0.15) is 0 Å². The molecule has 1 N–H and O–H groups in total. The zero-order valence-corrected chi connectivity index (χ0v) is 9.63. The number of amides is 1. The highest BCUT2D eigenvalue weighted by Gasteiger charge is 2.15. The third-order valence-electron chi connectivity index (χ3n) is 1.45. The van der Waals surface area contributed by atoms with Crippen LogP contribution in [0.25, 0.3) is 0 Å². The van der Waals surface area contributed by atoms with Gasteiger partial charge in [-0.3, -0.25) is 9.63 Å². The van der Waals surface area contributed by atoms with Crippen molar-refractivity contribution in [2.45, 2.75) is 26.4 Å². The van der Waals surface area contributed by atoms with Gasteiger partial charge in [0.25, 0.3) is 5.91 Å². The molecule has 4 nitrogen and oxygen atoms in total. The molecule has 0 aromatic carbocycles. The van der Waals surface area contributed by atoms with Crippen molar-refractivity contribution in [2.75, 3.05) is 0 Å². The minimum Gasteiger partial charge on any atom is -0.268 e. The van der Waals surface area contributed by atoms with Crippen LogP contribution in [0.4, 0.5) is 0 Å². The molecule has 0 unspecified atom stereocenters. The minimum atomic E-state index is -0.440. The molecule has 1 aromatic rings. The molecule has 0 bridgehead atoms. The zero-order valence-electron chi connectivity index (χ0n) is 8.87. The van der Waals surface area contributed by atoms with Crippen LogP contribution in [0.2, 0.25) is 5.15 Å². The second-order valence-corrected chi connectivity index (χ2v) is 4.35. The number of carbonyl (C=O) groups is 1. The van der Waals surface area contributed by atoms with Gasteiger partial charge in [-0.1, -0.05) is 11.6 Å². The third kappa shape index (κ3) is 3.85. The number of hydrogen-bond donors (Lipinski definition) is 1. The first-order chi connectivity index (χ1) is 6.90. The second kappa shape index (κ2) is 4.59. The lowest BCUT2D eigenvalue weighted by atomic mass is 10.2. The van der Waals surface area contributed by atoms with E-state index < -0.39 is 11.5 Å². The topological polar surface area (TPSA) is 51.2 Å². The number of nitrogens with one attached hydrogen (secondary N) is 1. The van der Waals surface area contributed by atoms with Crippen molar-refractivity contribution in [3.63, 3.8) is 0 Å². The average molecular weight is 229 g/mol. The van der Waals surface area contributed by atoms with Gasteiger partial charge in [0.05, 0.1) is 11.2 Å². The summed E-state index contributed by atoms with van der Waals surface area (Å²) < 4.78 is 0. The summed E-state index contributed by atoms with van der Waals surface area (Å²) in [7, 11) is 0. The predicted molar refractivity (Wildman–Crippen MR) is 57.6 cm³/mol. The monoisotopic (exact) mass is 228 g/mol. The summed E-state index contributed by atoms with van der Waals surface area (Å²) in [6.45, 7) is 5.49. The fraction of sp³-hybridized carbons (Fsp3) is 0.400. The molecule has 82 valence electrons. The molecule has 1 rings (SSSR count). The fourth-order valence-electron chi connectivity index (χ4n) is 0.810. The summed E-state index contributed by atoms with van der Waals surface area (Å²) >= 11 is 5.74. The maximum atomic E-state index is 11.6. The Hall–Kier alpha value is -1.13. The maximum absolute atomic E-state index is 11.6. The summed E-state index contributed by atoms with van der Waals surface area (Å²) in [6.07, 6.45) is 1.52. The van der Waals surface area contributed by atoms with Gasteiger partial charge in [-0.25, -0.2) is 10.5 Å². The van der Waals surface area contributed by atoms with Crippen LogP contribution < -0.4 is 5.48 Å². The zero-order chi connectivity index (χ0) is 11.5. The highest BCUT2D eigenvalue weighted by atomic mass is 35.5. The summed E-state index contributed by atoms with van der Waals surface area (Å²) in [5.41, 5.74) is 2.17. The SMILES string of the molecule is CC(C)(C)ONC(=O)c1cccnc1Cl. The molecule has 1 aromatic heterocycles. The van der Waals surface area contributed by atoms with Crippen LogP contribution >= 0.6 is 11.6 Å². The van der Waals surface area contributed by atoms with Crippen molar-refractivity contribution >= 4 is 17.5 Å². The Morgan fingerprint density at radius 2 is 2.20 bits per heavy atom. The molecule has 0 saturated carbocycles. The van der Waals surface area contributed by atoms with E-state index in [1.54, 1.807) is 12.1 Å². The van der Waals surface area contributed by atoms with Gasteiger partial charge >= 0.3 is 0 Å². The van der Waals surface area contributed by atoms with E-state index in [0.29, 0.717) is 5.56 Å². The summed E-state index contributed by atoms with van der Waals surface area (Å²) in [4.78, 5) is 20.5. The molecule has 0 aliphatic rings. The molecule has 0 spiro atoms. The Kier molecular flexibility index (Phi) is 3.66. The first kappa shape index (κ1) is 11.9. The molecule has 0 atom stereocenters. The van der Waals surface area contributed by atoms with Crippen molar-refractivity contribution in [1.29, 1.82) is 0 Å². The van der Waals surface area contributed by atoms with Crippen molar-refractivity contribution in [1.82, 2.24) is 10.5 Å².